The molecule has 7 heteroatoms. The van der Waals surface area contributed by atoms with Crippen LogP contribution in [0.5, 0.6) is 0 Å². The minimum Gasteiger partial charge on any atom is -0.479 e. The Hall–Kier alpha value is -1.34. The van der Waals surface area contributed by atoms with Crippen LogP contribution in [0.25, 0.3) is 0 Å². The van der Waals surface area contributed by atoms with Crippen molar-refractivity contribution in [3.63, 3.8) is 0 Å². The molecule has 1 rings (SSSR count). The summed E-state index contributed by atoms with van der Waals surface area (Å²) in [5.41, 5.74) is 0. The van der Waals surface area contributed by atoms with Crippen LogP contribution in [0, 0.1) is 0 Å². The smallest absolute Gasteiger partial charge is 0.334 e. The van der Waals surface area contributed by atoms with Gasteiger partial charge in [0.15, 0.2) is 6.10 Å². The van der Waals surface area contributed by atoms with Crippen molar-refractivity contribution in [1.82, 2.24) is 15.5 Å². The van der Waals surface area contributed by atoms with Gasteiger partial charge in [-0.25, -0.2) is 9.59 Å². The molecule has 0 aromatic carbocycles. The van der Waals surface area contributed by atoms with Gasteiger partial charge in [0, 0.05) is 13.1 Å². The number of nitrogens with one attached hydrogen (secondary N) is 2. The topological polar surface area (TPSA) is 102 Å². The van der Waals surface area contributed by atoms with Crippen molar-refractivity contribution in [2.24, 2.45) is 0 Å². The average Bonchev–Trinajstić information content (AvgIpc) is 2.37. The van der Waals surface area contributed by atoms with E-state index in [4.69, 9.17) is 10.2 Å². The van der Waals surface area contributed by atoms with E-state index >= 15 is 0 Å². The number of carboxylic acid groups (broad SMARTS) is 1. The molecule has 1 fully saturated rings. The van der Waals surface area contributed by atoms with Gasteiger partial charge in [-0.05, 0) is 25.9 Å². The summed E-state index contributed by atoms with van der Waals surface area (Å²) in [6.07, 6.45) is 2.13. The largest absolute Gasteiger partial charge is 0.479 e. The predicted molar refractivity (Wildman–Crippen MR) is 65.3 cm³/mol. The number of amides is 2. The Morgan fingerprint density at radius 2 is 1.83 bits per heavy atom. The van der Waals surface area contributed by atoms with Crippen LogP contribution in [0.4, 0.5) is 4.79 Å². The Kier molecular flexibility index (Phi) is 6.45. The number of likely N-dealkylation sites (tertiary alicyclic amines) is 1. The fourth-order valence-corrected chi connectivity index (χ4v) is 1.85. The Morgan fingerprint density at radius 1 is 1.17 bits per heavy atom. The Labute approximate surface area is 106 Å². The number of hydrogen-bond acceptors (Lipinski definition) is 4. The third-order valence-corrected chi connectivity index (χ3v) is 2.90. The third kappa shape index (κ3) is 5.83. The van der Waals surface area contributed by atoms with Gasteiger partial charge in [0.05, 0.1) is 6.54 Å². The number of aliphatic hydroxyl groups excluding tert-OH is 1. The predicted octanol–water partition coefficient (Wildman–Crippen LogP) is -0.783. The Bertz CT molecular complexity index is 279. The molecule has 1 aliphatic heterocycles. The third-order valence-electron chi connectivity index (χ3n) is 2.90. The van der Waals surface area contributed by atoms with Crippen LogP contribution in [-0.2, 0) is 4.79 Å². The van der Waals surface area contributed by atoms with Gasteiger partial charge in [0.2, 0.25) is 0 Å². The molecule has 0 spiro atoms. The lowest BCUT2D eigenvalue weighted by molar-refractivity contribution is -0.146. The molecule has 0 aromatic rings. The van der Waals surface area contributed by atoms with Crippen LogP contribution in [0.3, 0.4) is 0 Å². The van der Waals surface area contributed by atoms with Gasteiger partial charge < -0.3 is 25.7 Å². The molecule has 2 amide bonds. The second-order valence-corrected chi connectivity index (χ2v) is 4.39. The molecule has 0 aliphatic carbocycles. The number of nitrogens with zero attached hydrogens (tertiary/aromatic N) is 1. The normalized spacial score (nSPS) is 18.1. The van der Waals surface area contributed by atoms with Crippen molar-refractivity contribution in [2.75, 3.05) is 32.7 Å². The van der Waals surface area contributed by atoms with E-state index in [-0.39, 0.29) is 6.54 Å². The lowest BCUT2D eigenvalue weighted by atomic mass is 10.1. The minimum atomic E-state index is -1.56. The number of carboxylic acids is 1. The molecule has 0 radical (unpaired) electrons. The number of hydrogen-bond donors (Lipinski definition) is 4. The molecule has 1 atom stereocenters. The minimum absolute atomic E-state index is 0.287. The van der Waals surface area contributed by atoms with Crippen LogP contribution in [0.15, 0.2) is 0 Å². The summed E-state index contributed by atoms with van der Waals surface area (Å²) in [7, 11) is 0. The molecule has 0 saturated carbocycles. The maximum absolute atomic E-state index is 11.3. The zero-order chi connectivity index (χ0) is 13.4. The zero-order valence-electron chi connectivity index (χ0n) is 10.4. The van der Waals surface area contributed by atoms with Crippen molar-refractivity contribution in [3.05, 3.63) is 0 Å². The summed E-state index contributed by atoms with van der Waals surface area (Å²) in [6, 6.07) is -0.452. The molecule has 7 nitrogen and oxygen atoms in total. The molecular formula is C11H21N3O4. The summed E-state index contributed by atoms with van der Waals surface area (Å²) in [5.74, 6) is -1.34. The van der Waals surface area contributed by atoms with E-state index in [0.717, 1.165) is 19.6 Å². The standard InChI is InChI=1S/C11H21N3O4/c15-9(10(16)17)8-13-11(18)12-4-7-14-5-2-1-3-6-14/h9,15H,1-8H2,(H,16,17)(H2,12,13,18). The van der Waals surface area contributed by atoms with E-state index < -0.39 is 18.1 Å². The van der Waals surface area contributed by atoms with Crippen LogP contribution < -0.4 is 10.6 Å². The van der Waals surface area contributed by atoms with Gasteiger partial charge in [-0.1, -0.05) is 6.42 Å². The lowest BCUT2D eigenvalue weighted by Gasteiger charge is -2.26. The highest BCUT2D eigenvalue weighted by molar-refractivity contribution is 5.76. The van der Waals surface area contributed by atoms with Gasteiger partial charge in [-0.2, -0.15) is 0 Å². The van der Waals surface area contributed by atoms with Crippen molar-refractivity contribution in [2.45, 2.75) is 25.4 Å². The van der Waals surface area contributed by atoms with Gasteiger partial charge >= 0.3 is 12.0 Å². The fourth-order valence-electron chi connectivity index (χ4n) is 1.85. The number of aliphatic hydroxyl groups is 1. The van der Waals surface area contributed by atoms with E-state index in [2.05, 4.69) is 15.5 Å². The van der Waals surface area contributed by atoms with Gasteiger partial charge in [-0.3, -0.25) is 0 Å². The summed E-state index contributed by atoms with van der Waals surface area (Å²) in [5, 5.41) is 22.3. The second kappa shape index (κ2) is 7.88. The maximum Gasteiger partial charge on any atom is 0.334 e. The second-order valence-electron chi connectivity index (χ2n) is 4.39. The molecule has 4 N–H and O–H groups in total. The molecule has 1 unspecified atom stereocenters. The summed E-state index contributed by atoms with van der Waals surface area (Å²) < 4.78 is 0. The number of carbonyl (C=O) groups excluding carboxylic acids is 1. The van der Waals surface area contributed by atoms with E-state index in [0.29, 0.717) is 6.54 Å². The number of piperidine rings is 1. The molecular weight excluding hydrogens is 238 g/mol. The highest BCUT2D eigenvalue weighted by atomic mass is 16.4. The van der Waals surface area contributed by atoms with E-state index in [1.165, 1.54) is 19.3 Å². The van der Waals surface area contributed by atoms with Crippen LogP contribution in [-0.4, -0.2) is 65.9 Å². The zero-order valence-corrected chi connectivity index (χ0v) is 10.4. The van der Waals surface area contributed by atoms with Crippen molar-refractivity contribution >= 4 is 12.0 Å². The van der Waals surface area contributed by atoms with Gasteiger partial charge in [0.1, 0.15) is 0 Å². The monoisotopic (exact) mass is 259 g/mol. The van der Waals surface area contributed by atoms with Crippen LogP contribution >= 0.6 is 0 Å². The summed E-state index contributed by atoms with van der Waals surface area (Å²) >= 11 is 0. The number of carbonyl (C=O) groups is 2. The Morgan fingerprint density at radius 3 is 2.44 bits per heavy atom. The molecule has 1 saturated heterocycles. The molecule has 18 heavy (non-hydrogen) atoms. The lowest BCUT2D eigenvalue weighted by Crippen LogP contribution is -2.44. The molecule has 0 bridgehead atoms. The SMILES string of the molecule is O=C(NCCN1CCCCC1)NCC(O)C(=O)O. The first-order valence-electron chi connectivity index (χ1n) is 6.24. The average molecular weight is 259 g/mol. The van der Waals surface area contributed by atoms with Crippen LogP contribution in [0.2, 0.25) is 0 Å². The highest BCUT2D eigenvalue weighted by Gasteiger charge is 2.14. The molecule has 1 heterocycles. The van der Waals surface area contributed by atoms with Crippen LogP contribution in [0.1, 0.15) is 19.3 Å². The maximum atomic E-state index is 11.3. The molecule has 0 aromatic heterocycles. The quantitative estimate of drug-likeness (QED) is 0.501. The fraction of sp³-hybridized carbons (Fsp3) is 0.818. The first kappa shape index (κ1) is 14.7. The van der Waals surface area contributed by atoms with Crippen molar-refractivity contribution < 1.29 is 19.8 Å². The Balaban J connectivity index is 2.04. The molecule has 104 valence electrons. The summed E-state index contributed by atoms with van der Waals surface area (Å²) in [4.78, 5) is 23.9. The van der Waals surface area contributed by atoms with Crippen molar-refractivity contribution in [3.8, 4) is 0 Å². The van der Waals surface area contributed by atoms with Gasteiger partial charge in [0.25, 0.3) is 0 Å². The van der Waals surface area contributed by atoms with E-state index in [1.54, 1.807) is 0 Å². The van der Waals surface area contributed by atoms with Crippen molar-refractivity contribution in [1.29, 1.82) is 0 Å². The number of urea groups is 1. The van der Waals surface area contributed by atoms with E-state index in [1.807, 2.05) is 0 Å². The number of rotatable bonds is 6. The summed E-state index contributed by atoms with van der Waals surface area (Å²) in [6.45, 7) is 3.18. The number of aliphatic carboxylic acids is 1. The van der Waals surface area contributed by atoms with Gasteiger partial charge in [-0.15, -0.1) is 0 Å². The van der Waals surface area contributed by atoms with E-state index in [9.17, 15) is 9.59 Å². The first-order chi connectivity index (χ1) is 8.59. The highest BCUT2D eigenvalue weighted by Crippen LogP contribution is 2.07. The molecule has 1 aliphatic rings. The first-order valence-corrected chi connectivity index (χ1v) is 6.24.